The first-order chi connectivity index (χ1) is 8.24. The molecule has 2 fully saturated rings. The Balaban J connectivity index is 1.88. The molecule has 0 spiro atoms. The molecule has 3 N–H and O–H groups in total. The van der Waals surface area contributed by atoms with Crippen LogP contribution in [0.1, 0.15) is 6.23 Å². The summed E-state index contributed by atoms with van der Waals surface area (Å²) in [7, 11) is 0. The van der Waals surface area contributed by atoms with Crippen LogP contribution in [0.2, 0.25) is 0 Å². The number of rotatable bonds is 3. The zero-order chi connectivity index (χ0) is 12.0. The molecular weight excluding hydrogens is 230 g/mol. The molecule has 17 heavy (non-hydrogen) atoms. The minimum atomic E-state index is -0.565. The maximum absolute atomic E-state index is 11.6. The molecule has 3 rings (SSSR count). The van der Waals surface area contributed by atoms with Crippen LogP contribution in [0.5, 0.6) is 0 Å². The summed E-state index contributed by atoms with van der Waals surface area (Å²) in [5.74, 6) is 0.0659. The van der Waals surface area contributed by atoms with E-state index in [-0.39, 0.29) is 24.6 Å². The third kappa shape index (κ3) is 1.62. The Morgan fingerprint density at radius 2 is 2.29 bits per heavy atom. The molecule has 8 nitrogen and oxygen atoms in total. The van der Waals surface area contributed by atoms with Gasteiger partial charge in [-0.2, -0.15) is 4.98 Å². The van der Waals surface area contributed by atoms with Crippen molar-refractivity contribution in [1.82, 2.24) is 9.55 Å². The second-order valence-corrected chi connectivity index (χ2v) is 3.93. The van der Waals surface area contributed by atoms with E-state index in [9.17, 15) is 4.79 Å². The second kappa shape index (κ2) is 3.77. The first-order valence-electron chi connectivity index (χ1n) is 5.15. The quantitative estimate of drug-likeness (QED) is 0.445. The van der Waals surface area contributed by atoms with Crippen molar-refractivity contribution >= 4 is 5.82 Å². The van der Waals surface area contributed by atoms with Gasteiger partial charge in [0.05, 0.1) is 6.61 Å². The number of ether oxygens (including phenoxy) is 2. The van der Waals surface area contributed by atoms with Gasteiger partial charge < -0.3 is 14.6 Å². The third-order valence-electron chi connectivity index (χ3n) is 2.92. The second-order valence-electron chi connectivity index (χ2n) is 3.93. The van der Waals surface area contributed by atoms with Crippen LogP contribution < -0.4 is 11.2 Å². The van der Waals surface area contributed by atoms with E-state index in [0.717, 1.165) is 0 Å². The maximum Gasteiger partial charge on any atom is 0.351 e. The summed E-state index contributed by atoms with van der Waals surface area (Å²) in [5.41, 5.74) is 1.24. The van der Waals surface area contributed by atoms with Gasteiger partial charge in [0.1, 0.15) is 18.3 Å². The Hall–Kier alpha value is -1.48. The van der Waals surface area contributed by atoms with Crippen LogP contribution in [0.15, 0.2) is 17.1 Å². The van der Waals surface area contributed by atoms with Gasteiger partial charge in [-0.1, -0.05) is 0 Å². The number of fused-ring (bicyclic) bond motifs is 1. The molecule has 92 valence electrons. The van der Waals surface area contributed by atoms with E-state index in [4.69, 9.17) is 19.8 Å². The highest BCUT2D eigenvalue weighted by Crippen LogP contribution is 2.44. The van der Waals surface area contributed by atoms with Gasteiger partial charge in [0, 0.05) is 6.20 Å². The van der Waals surface area contributed by atoms with E-state index in [2.05, 4.69) is 4.98 Å². The molecule has 1 unspecified atom stereocenters. The highest BCUT2D eigenvalue weighted by atomic mass is 16.7. The summed E-state index contributed by atoms with van der Waals surface area (Å²) in [5, 5.41) is 17.6. The van der Waals surface area contributed by atoms with Crippen LogP contribution in [-0.2, 0) is 9.47 Å². The lowest BCUT2D eigenvalue weighted by molar-refractivity contribution is -0.0855. The van der Waals surface area contributed by atoms with Crippen LogP contribution >= 0.6 is 0 Å². The molecule has 0 aromatic carbocycles. The number of nitrogens with one attached hydrogen (secondary N) is 1. The van der Waals surface area contributed by atoms with Gasteiger partial charge in [-0.25, -0.2) is 4.79 Å². The molecule has 0 radical (unpaired) electrons. The van der Waals surface area contributed by atoms with Gasteiger partial charge >= 0.3 is 5.69 Å². The summed E-state index contributed by atoms with van der Waals surface area (Å²) in [6.45, 7) is -0.143. The van der Waals surface area contributed by atoms with Crippen LogP contribution in [0, 0.1) is 0 Å². The van der Waals surface area contributed by atoms with Crippen LogP contribution in [0.4, 0.5) is 5.82 Å². The van der Waals surface area contributed by atoms with Gasteiger partial charge in [-0.3, -0.25) is 15.3 Å². The van der Waals surface area contributed by atoms with Crippen molar-refractivity contribution in [2.45, 2.75) is 24.5 Å². The third-order valence-corrected chi connectivity index (χ3v) is 2.92. The Morgan fingerprint density at radius 3 is 2.88 bits per heavy atom. The van der Waals surface area contributed by atoms with Crippen LogP contribution in [0.3, 0.4) is 0 Å². The number of epoxide rings is 1. The molecule has 2 aliphatic heterocycles. The maximum atomic E-state index is 11.6. The van der Waals surface area contributed by atoms with E-state index in [1.807, 2.05) is 0 Å². The monoisotopic (exact) mass is 241 g/mol. The van der Waals surface area contributed by atoms with Crippen molar-refractivity contribution in [3.05, 3.63) is 22.7 Å². The minimum absolute atomic E-state index is 0.0659. The number of aliphatic hydroxyl groups is 1. The number of hydrogen-bond donors (Lipinski definition) is 3. The molecule has 1 aromatic heterocycles. The highest BCUT2D eigenvalue weighted by Gasteiger charge is 2.58. The summed E-state index contributed by atoms with van der Waals surface area (Å²) in [6.07, 6.45) is 0.140. The summed E-state index contributed by atoms with van der Waals surface area (Å²) < 4.78 is 12.1. The Morgan fingerprint density at radius 1 is 1.47 bits per heavy atom. The first-order valence-corrected chi connectivity index (χ1v) is 5.15. The van der Waals surface area contributed by atoms with Crippen molar-refractivity contribution < 1.29 is 19.8 Å². The van der Waals surface area contributed by atoms with Crippen LogP contribution in [-0.4, -0.2) is 44.8 Å². The van der Waals surface area contributed by atoms with E-state index < -0.39 is 18.0 Å². The first kappa shape index (κ1) is 10.7. The summed E-state index contributed by atoms with van der Waals surface area (Å²) in [6, 6.07) is 1.44. The van der Waals surface area contributed by atoms with Gasteiger partial charge in [-0.15, -0.1) is 0 Å². The topological polar surface area (TPSA) is 109 Å². The lowest BCUT2D eigenvalue weighted by Crippen LogP contribution is -2.31. The zero-order valence-electron chi connectivity index (χ0n) is 8.68. The molecule has 2 aliphatic rings. The molecule has 1 aromatic rings. The Bertz CT molecular complexity index is 490. The zero-order valence-corrected chi connectivity index (χ0v) is 8.68. The van der Waals surface area contributed by atoms with Crippen molar-refractivity contribution in [3.8, 4) is 0 Å². The van der Waals surface area contributed by atoms with Gasteiger partial charge in [-0.05, 0) is 6.07 Å². The Kier molecular flexibility index (Phi) is 2.37. The molecule has 2 saturated heterocycles. The molecule has 8 heteroatoms. The normalized spacial score (nSPS) is 34.5. The number of aliphatic hydroxyl groups excluding tert-OH is 1. The predicted octanol–water partition coefficient (Wildman–Crippen LogP) is -1.30. The highest BCUT2D eigenvalue weighted by molar-refractivity contribution is 5.28. The van der Waals surface area contributed by atoms with Crippen molar-refractivity contribution in [1.29, 1.82) is 0 Å². The van der Waals surface area contributed by atoms with E-state index in [1.165, 1.54) is 16.8 Å². The molecular formula is C9H11N3O5. The lowest BCUT2D eigenvalue weighted by atomic mass is 10.2. The van der Waals surface area contributed by atoms with Crippen molar-refractivity contribution in [2.75, 3.05) is 12.1 Å². The van der Waals surface area contributed by atoms with E-state index in [0.29, 0.717) is 0 Å². The number of aromatic nitrogens is 2. The summed E-state index contributed by atoms with van der Waals surface area (Å²) >= 11 is 0. The molecule has 4 atom stereocenters. The predicted molar refractivity (Wildman–Crippen MR) is 53.6 cm³/mol. The number of nitrogens with zero attached hydrogens (tertiary/aromatic N) is 2. The Labute approximate surface area is 95.4 Å². The SMILES string of the molecule is O=c1nc(NO)ccn1[C@@H]1O[C@H](CO)[C@H]2OC12. The molecule has 3 heterocycles. The van der Waals surface area contributed by atoms with E-state index >= 15 is 0 Å². The number of hydrogen-bond acceptors (Lipinski definition) is 7. The van der Waals surface area contributed by atoms with E-state index in [1.54, 1.807) is 5.48 Å². The van der Waals surface area contributed by atoms with Gasteiger partial charge in [0.2, 0.25) is 0 Å². The van der Waals surface area contributed by atoms with Gasteiger partial charge in [0.15, 0.2) is 12.0 Å². The van der Waals surface area contributed by atoms with Crippen molar-refractivity contribution in [2.24, 2.45) is 0 Å². The largest absolute Gasteiger partial charge is 0.394 e. The average Bonchev–Trinajstić information content (AvgIpc) is 3.05. The van der Waals surface area contributed by atoms with Gasteiger partial charge in [0.25, 0.3) is 0 Å². The standard InChI is InChI=1S/C9H11N3O5/c13-3-4-6-7(17-6)8(16-4)12-2-1-5(11-15)10-9(12)14/h1-2,4,6-8,13,15H,3H2,(H,10,11,14)/t4-,6-,7?,8-/m1/s1. The minimum Gasteiger partial charge on any atom is -0.394 e. The fourth-order valence-corrected chi connectivity index (χ4v) is 2.04. The summed E-state index contributed by atoms with van der Waals surface area (Å²) in [4.78, 5) is 15.2. The molecule has 0 bridgehead atoms. The molecule has 0 saturated carbocycles. The average molecular weight is 241 g/mol. The molecule has 0 aliphatic carbocycles. The van der Waals surface area contributed by atoms with Crippen LogP contribution in [0.25, 0.3) is 0 Å². The number of anilines is 1. The van der Waals surface area contributed by atoms with Crippen molar-refractivity contribution in [3.63, 3.8) is 0 Å². The fourth-order valence-electron chi connectivity index (χ4n) is 2.04. The molecule has 0 amide bonds. The lowest BCUT2D eigenvalue weighted by Gasteiger charge is -2.17. The fraction of sp³-hybridized carbons (Fsp3) is 0.556. The smallest absolute Gasteiger partial charge is 0.351 e.